The second-order valence-corrected chi connectivity index (χ2v) is 10.1. The van der Waals surface area contributed by atoms with E-state index in [1.165, 1.54) is 32.9 Å². The van der Waals surface area contributed by atoms with Crippen molar-refractivity contribution in [2.45, 2.75) is 19.9 Å². The molecule has 3 N–H and O–H groups in total. The zero-order valence-corrected chi connectivity index (χ0v) is 23.4. The van der Waals surface area contributed by atoms with Crippen molar-refractivity contribution < 1.29 is 4.79 Å². The predicted octanol–water partition coefficient (Wildman–Crippen LogP) is 4.25. The number of carbonyl (C=O) groups excluding carboxylic acids is 1. The highest BCUT2D eigenvalue weighted by molar-refractivity contribution is 7.09. The fourth-order valence-corrected chi connectivity index (χ4v) is 4.92. The van der Waals surface area contributed by atoms with Gasteiger partial charge in [0.25, 0.3) is 11.5 Å². The maximum Gasteiger partial charge on any atom is 0.267 e. The molecule has 0 saturated heterocycles. The molecule has 5 aromatic rings. The highest BCUT2D eigenvalue weighted by atomic mass is 32.1. The fourth-order valence-electron chi connectivity index (χ4n) is 4.38. The van der Waals surface area contributed by atoms with Crippen LogP contribution in [-0.4, -0.2) is 36.4 Å². The van der Waals surface area contributed by atoms with Gasteiger partial charge in [-0.05, 0) is 44.0 Å². The Morgan fingerprint density at radius 3 is 2.66 bits per heavy atom. The number of hydrogen-bond donors (Lipinski definition) is 2. The van der Waals surface area contributed by atoms with Gasteiger partial charge in [0.1, 0.15) is 17.1 Å². The highest BCUT2D eigenvalue weighted by Crippen LogP contribution is 2.26. The summed E-state index contributed by atoms with van der Waals surface area (Å²) in [6, 6.07) is 13.8. The molecule has 204 valence electrons. The monoisotopic (exact) mass is 562 g/mol. The number of benzene rings is 2. The molecular formula is C30H26N8O2S. The lowest BCUT2D eigenvalue weighted by Crippen LogP contribution is -2.33. The Hall–Kier alpha value is -5.34. The normalized spacial score (nSPS) is 11.8. The molecule has 0 radical (unpaired) electrons. The lowest BCUT2D eigenvalue weighted by atomic mass is 10.1. The van der Waals surface area contributed by atoms with Crippen LogP contribution in [0.2, 0.25) is 0 Å². The number of rotatable bonds is 6. The van der Waals surface area contributed by atoms with E-state index in [0.29, 0.717) is 33.7 Å². The Kier molecular flexibility index (Phi) is 7.58. The van der Waals surface area contributed by atoms with Gasteiger partial charge in [0, 0.05) is 24.2 Å². The van der Waals surface area contributed by atoms with Crippen molar-refractivity contribution in [1.29, 1.82) is 0 Å². The number of nitrogens with two attached hydrogens (primary N) is 1. The van der Waals surface area contributed by atoms with Crippen molar-refractivity contribution in [1.82, 2.24) is 29.6 Å². The van der Waals surface area contributed by atoms with Crippen LogP contribution in [-0.2, 0) is 7.05 Å². The Morgan fingerprint density at radius 1 is 1.17 bits per heavy atom. The van der Waals surface area contributed by atoms with Crippen LogP contribution in [0.15, 0.2) is 76.4 Å². The number of aromatic nitrogens is 5. The van der Waals surface area contributed by atoms with Crippen molar-refractivity contribution in [3.05, 3.63) is 105 Å². The van der Waals surface area contributed by atoms with Gasteiger partial charge in [-0.25, -0.2) is 19.6 Å². The maximum atomic E-state index is 14.1. The third kappa shape index (κ3) is 5.41. The number of thiazole rings is 1. The number of aliphatic imine (C=N–C) groups is 1. The lowest BCUT2D eigenvalue weighted by Gasteiger charge is -2.20. The average Bonchev–Trinajstić information content (AvgIpc) is 3.51. The number of para-hydroxylation sites is 1. The zero-order valence-electron chi connectivity index (χ0n) is 22.6. The van der Waals surface area contributed by atoms with E-state index in [9.17, 15) is 9.59 Å². The predicted molar refractivity (Wildman–Crippen MR) is 162 cm³/mol. The molecule has 3 aromatic heterocycles. The van der Waals surface area contributed by atoms with E-state index in [2.05, 4.69) is 38.8 Å². The van der Waals surface area contributed by atoms with Gasteiger partial charge in [-0.1, -0.05) is 42.8 Å². The van der Waals surface area contributed by atoms with Crippen LogP contribution in [0.5, 0.6) is 0 Å². The number of hydrogen-bond acceptors (Lipinski definition) is 8. The summed E-state index contributed by atoms with van der Waals surface area (Å²) in [6.45, 7) is 7.28. The minimum Gasteiger partial charge on any atom is -0.381 e. The molecule has 0 saturated carbocycles. The molecule has 3 heterocycles. The number of aryl methyl sites for hydroxylation is 2. The third-order valence-corrected chi connectivity index (χ3v) is 6.96. The Morgan fingerprint density at radius 2 is 1.95 bits per heavy atom. The fraction of sp³-hybridized carbons (Fsp3) is 0.133. The molecular weight excluding hydrogens is 536 g/mol. The molecule has 1 amide bonds. The summed E-state index contributed by atoms with van der Waals surface area (Å²) in [6.07, 6.45) is 2.94. The minimum absolute atomic E-state index is 0.0267. The molecule has 1 unspecified atom stereocenters. The first kappa shape index (κ1) is 27.2. The van der Waals surface area contributed by atoms with E-state index >= 15 is 0 Å². The van der Waals surface area contributed by atoms with Gasteiger partial charge >= 0.3 is 0 Å². The number of fused-ring (bicyclic) bond motifs is 1. The van der Waals surface area contributed by atoms with E-state index in [0.717, 1.165) is 5.01 Å². The summed E-state index contributed by atoms with van der Waals surface area (Å²) in [5.74, 6) is 6.27. The smallest absolute Gasteiger partial charge is 0.267 e. The van der Waals surface area contributed by atoms with Crippen LogP contribution in [0.1, 0.15) is 45.4 Å². The SMILES string of the molecule is C=C/C=N\c1c(C(=O)NC(C)c2nc3cccc(C#Cc4csc(C)n4)c3c(=O)n2-c2ccccc2)c(N)nn1C. The largest absolute Gasteiger partial charge is 0.381 e. The average molecular weight is 563 g/mol. The van der Waals surface area contributed by atoms with Crippen molar-refractivity contribution >= 4 is 46.0 Å². The first-order valence-corrected chi connectivity index (χ1v) is 13.5. The van der Waals surface area contributed by atoms with Crippen LogP contribution in [0.25, 0.3) is 16.6 Å². The van der Waals surface area contributed by atoms with Gasteiger partial charge in [-0.3, -0.25) is 14.2 Å². The van der Waals surface area contributed by atoms with Gasteiger partial charge in [-0.15, -0.1) is 11.3 Å². The van der Waals surface area contributed by atoms with E-state index < -0.39 is 11.9 Å². The first-order valence-electron chi connectivity index (χ1n) is 12.6. The molecule has 10 nitrogen and oxygen atoms in total. The van der Waals surface area contributed by atoms with E-state index in [1.807, 2.05) is 30.5 Å². The number of anilines is 1. The van der Waals surface area contributed by atoms with Gasteiger partial charge in [0.15, 0.2) is 11.6 Å². The number of nitrogens with zero attached hydrogens (tertiary/aromatic N) is 6. The van der Waals surface area contributed by atoms with Crippen LogP contribution in [0, 0.1) is 18.8 Å². The molecule has 0 aliphatic carbocycles. The summed E-state index contributed by atoms with van der Waals surface area (Å²) in [7, 11) is 1.64. The molecule has 0 fully saturated rings. The van der Waals surface area contributed by atoms with Crippen molar-refractivity contribution in [2.75, 3.05) is 5.73 Å². The Balaban J connectivity index is 1.63. The topological polar surface area (TPSA) is 133 Å². The summed E-state index contributed by atoms with van der Waals surface area (Å²) >= 11 is 1.51. The van der Waals surface area contributed by atoms with Gasteiger partial charge in [-0.2, -0.15) is 5.10 Å². The summed E-state index contributed by atoms with van der Waals surface area (Å²) in [5, 5.41) is 10.2. The van der Waals surface area contributed by atoms with Gasteiger partial charge < -0.3 is 11.1 Å². The van der Waals surface area contributed by atoms with E-state index in [1.54, 1.807) is 44.3 Å². The van der Waals surface area contributed by atoms with Crippen LogP contribution < -0.4 is 16.6 Å². The molecule has 0 bridgehead atoms. The summed E-state index contributed by atoms with van der Waals surface area (Å²) in [5.41, 5.74) is 8.08. The standard InChI is InChI=1S/C30H26N8O2S/c1-5-16-32-28-25(26(31)36-37(28)4)29(39)33-18(2)27-35-23-13-9-10-20(14-15-21-17-41-19(3)34-21)24(23)30(40)38(27)22-11-7-6-8-12-22/h5-13,16-18H,1H2,2-4H3,(H2,31,36)(H,33,39)/b32-16-. The third-order valence-electron chi connectivity index (χ3n) is 6.19. The maximum absolute atomic E-state index is 14.1. The second-order valence-electron chi connectivity index (χ2n) is 9.06. The molecule has 5 rings (SSSR count). The van der Waals surface area contributed by atoms with Crippen LogP contribution in [0.3, 0.4) is 0 Å². The molecule has 0 spiro atoms. The molecule has 41 heavy (non-hydrogen) atoms. The number of nitrogen functional groups attached to an aromatic ring is 1. The Bertz CT molecular complexity index is 1940. The van der Waals surface area contributed by atoms with E-state index in [4.69, 9.17) is 10.7 Å². The van der Waals surface area contributed by atoms with E-state index in [-0.39, 0.29) is 22.8 Å². The molecule has 2 aromatic carbocycles. The number of carbonyl (C=O) groups is 1. The molecule has 0 aliphatic heterocycles. The summed E-state index contributed by atoms with van der Waals surface area (Å²) in [4.78, 5) is 41.1. The number of amides is 1. The second kappa shape index (κ2) is 11.4. The first-order chi connectivity index (χ1) is 19.8. The van der Waals surface area contributed by atoms with Crippen molar-refractivity contribution in [2.24, 2.45) is 12.0 Å². The van der Waals surface area contributed by atoms with Gasteiger partial charge in [0.2, 0.25) is 0 Å². The lowest BCUT2D eigenvalue weighted by molar-refractivity contribution is 0.0939. The van der Waals surface area contributed by atoms with Crippen molar-refractivity contribution in [3.8, 4) is 17.5 Å². The highest BCUT2D eigenvalue weighted by Gasteiger charge is 2.25. The van der Waals surface area contributed by atoms with Gasteiger partial charge in [0.05, 0.1) is 27.6 Å². The van der Waals surface area contributed by atoms with Crippen LogP contribution in [0.4, 0.5) is 11.6 Å². The van der Waals surface area contributed by atoms with Crippen LogP contribution >= 0.6 is 11.3 Å². The molecule has 1 atom stereocenters. The summed E-state index contributed by atoms with van der Waals surface area (Å²) < 4.78 is 2.91. The Labute approximate surface area is 239 Å². The molecule has 0 aliphatic rings. The quantitative estimate of drug-likeness (QED) is 0.235. The van der Waals surface area contributed by atoms with Crippen molar-refractivity contribution in [3.63, 3.8) is 0 Å². The number of nitrogens with one attached hydrogen (secondary N) is 1. The minimum atomic E-state index is -0.705. The molecule has 11 heteroatoms. The zero-order chi connectivity index (χ0) is 29.1. The number of allylic oxidation sites excluding steroid dienone is 1.